The third-order valence-electron chi connectivity index (χ3n) is 4.05. The summed E-state index contributed by atoms with van der Waals surface area (Å²) in [5.41, 5.74) is 7.32. The van der Waals surface area contributed by atoms with Crippen LogP contribution in [0.2, 0.25) is 0 Å². The third kappa shape index (κ3) is 2.30. The number of carbonyl (C=O) groups excluding carboxylic acids is 1. The number of hydrogen-bond acceptors (Lipinski definition) is 4. The van der Waals surface area contributed by atoms with Gasteiger partial charge in [0.2, 0.25) is 0 Å². The third-order valence-corrected chi connectivity index (χ3v) is 4.93. The van der Waals surface area contributed by atoms with Crippen LogP contribution in [0.25, 0.3) is 0 Å². The number of nitrogens with one attached hydrogen (secondary N) is 2. The lowest BCUT2D eigenvalue weighted by molar-refractivity contribution is 0.261. The van der Waals surface area contributed by atoms with Gasteiger partial charge in [-0.05, 0) is 42.0 Å². The first-order chi connectivity index (χ1) is 9.47. The van der Waals surface area contributed by atoms with Crippen LogP contribution in [0.4, 0.5) is 10.5 Å². The van der Waals surface area contributed by atoms with Crippen LogP contribution < -0.4 is 10.7 Å². The predicted molar refractivity (Wildman–Crippen MR) is 84.7 cm³/mol. The number of nitrogens with zero attached hydrogens (tertiary/aromatic N) is 1. The summed E-state index contributed by atoms with van der Waals surface area (Å²) in [4.78, 5) is 11.3. The Morgan fingerprint density at radius 2 is 2.20 bits per heavy atom. The van der Waals surface area contributed by atoms with E-state index >= 15 is 0 Å². The summed E-state index contributed by atoms with van der Waals surface area (Å²) in [6.07, 6.45) is 1.12. The number of rotatable bonds is 1. The van der Waals surface area contributed by atoms with Crippen LogP contribution in [0.3, 0.4) is 0 Å². The molecule has 0 fully saturated rings. The summed E-state index contributed by atoms with van der Waals surface area (Å²) < 4.78 is 0. The molecular formula is C15H19N3OS. The average Bonchev–Trinajstić information content (AvgIpc) is 2.38. The molecule has 2 N–H and O–H groups in total. The van der Waals surface area contributed by atoms with Crippen LogP contribution in [0, 0.1) is 0 Å². The minimum absolute atomic E-state index is 0.0822. The number of hydrogen-bond donors (Lipinski definition) is 2. The smallest absolute Gasteiger partial charge is 0.299 e. The largest absolute Gasteiger partial charge is 0.385 e. The van der Waals surface area contributed by atoms with Gasteiger partial charge in [-0.25, -0.2) is 5.43 Å². The lowest BCUT2D eigenvalue weighted by Crippen LogP contribution is -2.31. The van der Waals surface area contributed by atoms with Crippen LogP contribution in [0.15, 0.2) is 23.3 Å². The molecule has 0 radical (unpaired) electrons. The normalized spacial score (nSPS) is 24.2. The quantitative estimate of drug-likeness (QED) is 0.834. The molecule has 20 heavy (non-hydrogen) atoms. The Bertz CT molecular complexity index is 595. The minimum atomic E-state index is -0.0822. The van der Waals surface area contributed by atoms with Gasteiger partial charge in [0.25, 0.3) is 5.24 Å². The molecule has 2 heterocycles. The molecule has 0 spiro atoms. The van der Waals surface area contributed by atoms with Gasteiger partial charge in [0.05, 0.1) is 11.0 Å². The van der Waals surface area contributed by atoms with Crippen molar-refractivity contribution < 1.29 is 4.79 Å². The number of carbonyl (C=O) groups is 1. The van der Waals surface area contributed by atoms with Gasteiger partial charge in [-0.3, -0.25) is 4.79 Å². The predicted octanol–water partition coefficient (Wildman–Crippen LogP) is 3.33. The second-order valence-corrected chi connectivity index (χ2v) is 7.29. The number of fused-ring (bicyclic) bond motifs is 1. The van der Waals surface area contributed by atoms with E-state index in [9.17, 15) is 4.79 Å². The molecule has 1 atom stereocenters. The van der Waals surface area contributed by atoms with Crippen molar-refractivity contribution in [1.29, 1.82) is 0 Å². The monoisotopic (exact) mass is 289 g/mol. The first kappa shape index (κ1) is 13.5. The maximum absolute atomic E-state index is 11.3. The summed E-state index contributed by atoms with van der Waals surface area (Å²) in [5.74, 6) is 0. The molecule has 1 aromatic carbocycles. The van der Waals surface area contributed by atoms with Crippen LogP contribution in [-0.2, 0) is 5.41 Å². The van der Waals surface area contributed by atoms with E-state index in [1.54, 1.807) is 0 Å². The van der Waals surface area contributed by atoms with Gasteiger partial charge in [0.15, 0.2) is 0 Å². The number of benzene rings is 1. The van der Waals surface area contributed by atoms with Gasteiger partial charge >= 0.3 is 0 Å². The van der Waals surface area contributed by atoms with Crippen molar-refractivity contribution in [2.75, 3.05) is 11.9 Å². The lowest BCUT2D eigenvalue weighted by Gasteiger charge is -2.34. The van der Waals surface area contributed by atoms with E-state index < -0.39 is 0 Å². The summed E-state index contributed by atoms with van der Waals surface area (Å²) in [6.45, 7) is 7.59. The topological polar surface area (TPSA) is 53.5 Å². The fraction of sp³-hybridized carbons (Fsp3) is 0.467. The van der Waals surface area contributed by atoms with Gasteiger partial charge < -0.3 is 5.32 Å². The Morgan fingerprint density at radius 1 is 1.40 bits per heavy atom. The molecule has 0 aliphatic carbocycles. The van der Waals surface area contributed by atoms with Crippen molar-refractivity contribution in [2.24, 2.45) is 5.10 Å². The van der Waals surface area contributed by atoms with Crippen molar-refractivity contribution in [1.82, 2.24) is 5.43 Å². The van der Waals surface area contributed by atoms with Crippen molar-refractivity contribution in [3.05, 3.63) is 29.3 Å². The Hall–Kier alpha value is -1.49. The number of anilines is 1. The van der Waals surface area contributed by atoms with Gasteiger partial charge in [0, 0.05) is 12.2 Å². The Kier molecular flexibility index (Phi) is 3.24. The number of hydrazone groups is 1. The maximum Gasteiger partial charge on any atom is 0.299 e. The van der Waals surface area contributed by atoms with E-state index in [-0.39, 0.29) is 15.9 Å². The van der Waals surface area contributed by atoms with Gasteiger partial charge in [0.1, 0.15) is 0 Å². The zero-order valence-corrected chi connectivity index (χ0v) is 12.8. The van der Waals surface area contributed by atoms with Crippen LogP contribution in [0.1, 0.15) is 38.3 Å². The first-order valence-corrected chi connectivity index (χ1v) is 7.78. The van der Waals surface area contributed by atoms with E-state index in [2.05, 4.69) is 47.9 Å². The Balaban J connectivity index is 2.02. The SMILES string of the molecule is CC1SC(=O)NN=C1c1ccc2c(c1)C(C)(C)CCN2. The molecule has 2 aliphatic rings. The molecule has 4 nitrogen and oxygen atoms in total. The highest BCUT2D eigenvalue weighted by molar-refractivity contribution is 8.14. The summed E-state index contributed by atoms with van der Waals surface area (Å²) in [6, 6.07) is 6.43. The standard InChI is InChI=1S/C15H19N3OS/c1-9-13(17-18-14(19)20-9)10-4-5-12-11(8-10)15(2,3)6-7-16-12/h4-5,8-9,16H,6-7H2,1-3H3,(H,18,19). The molecular weight excluding hydrogens is 270 g/mol. The number of thioether (sulfide) groups is 1. The van der Waals surface area contributed by atoms with Crippen molar-refractivity contribution >= 4 is 28.4 Å². The fourth-order valence-electron chi connectivity index (χ4n) is 2.80. The molecule has 106 valence electrons. The van der Waals surface area contributed by atoms with Gasteiger partial charge in [-0.1, -0.05) is 31.7 Å². The van der Waals surface area contributed by atoms with Crippen molar-refractivity contribution in [2.45, 2.75) is 37.9 Å². The van der Waals surface area contributed by atoms with E-state index in [0.717, 1.165) is 24.2 Å². The Morgan fingerprint density at radius 3 is 2.95 bits per heavy atom. The van der Waals surface area contributed by atoms with E-state index in [4.69, 9.17) is 0 Å². The van der Waals surface area contributed by atoms with E-state index in [1.807, 2.05) is 6.92 Å². The fourth-order valence-corrected chi connectivity index (χ4v) is 3.52. The molecule has 0 bridgehead atoms. The van der Waals surface area contributed by atoms with Gasteiger partial charge in [-0.2, -0.15) is 5.10 Å². The molecule has 3 rings (SSSR count). The zero-order valence-electron chi connectivity index (χ0n) is 12.0. The van der Waals surface area contributed by atoms with Gasteiger partial charge in [-0.15, -0.1) is 0 Å². The average molecular weight is 289 g/mol. The number of amides is 1. The highest BCUT2D eigenvalue weighted by Crippen LogP contribution is 2.37. The highest BCUT2D eigenvalue weighted by Gasteiger charge is 2.29. The first-order valence-electron chi connectivity index (χ1n) is 6.90. The van der Waals surface area contributed by atoms with E-state index in [1.165, 1.54) is 23.0 Å². The molecule has 1 amide bonds. The molecule has 0 aromatic heterocycles. The second-order valence-electron chi connectivity index (χ2n) is 5.98. The second kappa shape index (κ2) is 4.81. The molecule has 0 saturated carbocycles. The molecule has 1 aromatic rings. The van der Waals surface area contributed by atoms with Crippen LogP contribution in [0.5, 0.6) is 0 Å². The van der Waals surface area contributed by atoms with E-state index in [0.29, 0.717) is 0 Å². The summed E-state index contributed by atoms with van der Waals surface area (Å²) >= 11 is 1.29. The minimum Gasteiger partial charge on any atom is -0.385 e. The molecule has 0 saturated heterocycles. The Labute approximate surface area is 123 Å². The zero-order chi connectivity index (χ0) is 14.3. The van der Waals surface area contributed by atoms with Crippen molar-refractivity contribution in [3.63, 3.8) is 0 Å². The van der Waals surface area contributed by atoms with Crippen molar-refractivity contribution in [3.8, 4) is 0 Å². The lowest BCUT2D eigenvalue weighted by atomic mass is 9.77. The van der Waals surface area contributed by atoms with Crippen LogP contribution >= 0.6 is 11.8 Å². The summed E-state index contributed by atoms with van der Waals surface area (Å²) in [5, 5.41) is 7.69. The molecule has 5 heteroatoms. The summed E-state index contributed by atoms with van der Waals surface area (Å²) in [7, 11) is 0. The maximum atomic E-state index is 11.3. The molecule has 2 aliphatic heterocycles. The highest BCUT2D eigenvalue weighted by atomic mass is 32.2. The molecule has 1 unspecified atom stereocenters. The van der Waals surface area contributed by atoms with Crippen LogP contribution in [-0.4, -0.2) is 22.7 Å².